The Bertz CT molecular complexity index is 1170. The molecule has 30 heavy (non-hydrogen) atoms. The molecule has 0 aliphatic heterocycles. The number of fused-ring (bicyclic) bond motifs is 1. The fourth-order valence-corrected chi connectivity index (χ4v) is 4.13. The summed E-state index contributed by atoms with van der Waals surface area (Å²) in [5.74, 6) is 0.685. The van der Waals surface area contributed by atoms with Gasteiger partial charge in [0.15, 0.2) is 0 Å². The highest BCUT2D eigenvalue weighted by Gasteiger charge is 2.09. The first-order chi connectivity index (χ1) is 14.5. The van der Waals surface area contributed by atoms with Crippen molar-refractivity contribution in [3.8, 4) is 0 Å². The number of hydrogen-bond acceptors (Lipinski definition) is 4. The molecule has 4 aromatic rings. The topological polar surface area (TPSA) is 49.8 Å². The Morgan fingerprint density at radius 1 is 0.700 bits per heavy atom. The van der Waals surface area contributed by atoms with E-state index in [0.29, 0.717) is 39.0 Å². The zero-order valence-electron chi connectivity index (χ0n) is 15.6. The van der Waals surface area contributed by atoms with Gasteiger partial charge in [-0.05, 0) is 36.4 Å². The van der Waals surface area contributed by atoms with E-state index in [0.717, 1.165) is 27.7 Å². The van der Waals surface area contributed by atoms with E-state index < -0.39 is 0 Å². The Morgan fingerprint density at radius 3 is 1.87 bits per heavy atom. The Morgan fingerprint density at radius 2 is 1.27 bits per heavy atom. The molecular weight excluding hydrogens is 462 g/mol. The van der Waals surface area contributed by atoms with Gasteiger partial charge in [-0.2, -0.15) is 0 Å². The summed E-state index contributed by atoms with van der Waals surface area (Å²) >= 11 is 25.1. The summed E-state index contributed by atoms with van der Waals surface area (Å²) in [6.45, 7) is 0.938. The number of rotatable bonds is 6. The van der Waals surface area contributed by atoms with Crippen LogP contribution in [0.4, 0.5) is 11.5 Å². The van der Waals surface area contributed by atoms with E-state index >= 15 is 0 Å². The summed E-state index contributed by atoms with van der Waals surface area (Å²) in [5, 5.41) is 10.0. The van der Waals surface area contributed by atoms with Gasteiger partial charge in [-0.25, -0.2) is 4.98 Å². The number of benzene rings is 2. The van der Waals surface area contributed by atoms with Gasteiger partial charge < -0.3 is 10.6 Å². The van der Waals surface area contributed by atoms with Gasteiger partial charge in [-0.3, -0.25) is 4.98 Å². The highest BCUT2D eigenvalue weighted by molar-refractivity contribution is 6.36. The Kier molecular flexibility index (Phi) is 6.49. The lowest BCUT2D eigenvalue weighted by atomic mass is 10.2. The van der Waals surface area contributed by atoms with Gasteiger partial charge in [0.25, 0.3) is 0 Å². The summed E-state index contributed by atoms with van der Waals surface area (Å²) in [6, 6.07) is 14.7. The van der Waals surface area contributed by atoms with E-state index in [1.807, 2.05) is 48.5 Å². The first kappa shape index (κ1) is 21.0. The van der Waals surface area contributed by atoms with E-state index in [9.17, 15) is 0 Å². The predicted octanol–water partition coefficient (Wildman–Crippen LogP) is 7.47. The van der Waals surface area contributed by atoms with Crippen molar-refractivity contribution in [3.05, 3.63) is 92.1 Å². The first-order valence-corrected chi connectivity index (χ1v) is 10.6. The van der Waals surface area contributed by atoms with Crippen molar-refractivity contribution in [2.45, 2.75) is 13.1 Å². The van der Waals surface area contributed by atoms with Crippen molar-refractivity contribution in [2.75, 3.05) is 10.6 Å². The van der Waals surface area contributed by atoms with E-state index in [-0.39, 0.29) is 0 Å². The average Bonchev–Trinajstić information content (AvgIpc) is 2.73. The molecule has 8 heteroatoms. The molecule has 0 aliphatic rings. The Balaban J connectivity index is 1.58. The van der Waals surface area contributed by atoms with Crippen LogP contribution >= 0.6 is 46.4 Å². The maximum absolute atomic E-state index is 6.29. The molecule has 0 saturated heterocycles. The number of hydrogen-bond donors (Lipinski definition) is 2. The van der Waals surface area contributed by atoms with Crippen molar-refractivity contribution in [1.82, 2.24) is 9.97 Å². The van der Waals surface area contributed by atoms with Crippen LogP contribution < -0.4 is 10.6 Å². The monoisotopic (exact) mass is 476 g/mol. The largest absolute Gasteiger partial charge is 0.380 e. The summed E-state index contributed by atoms with van der Waals surface area (Å²) in [6.07, 6.45) is 3.46. The number of aromatic nitrogens is 2. The maximum Gasteiger partial charge on any atom is 0.126 e. The molecular formula is C22H16Cl4N4. The molecule has 2 aromatic carbocycles. The number of halogens is 4. The van der Waals surface area contributed by atoms with Gasteiger partial charge in [0, 0.05) is 61.6 Å². The third-order valence-corrected chi connectivity index (χ3v) is 6.07. The third-order valence-electron chi connectivity index (χ3n) is 4.65. The lowest BCUT2D eigenvalue weighted by Crippen LogP contribution is -2.04. The lowest BCUT2D eigenvalue weighted by molar-refractivity contribution is 1.11. The van der Waals surface area contributed by atoms with Crippen molar-refractivity contribution >= 4 is 68.8 Å². The van der Waals surface area contributed by atoms with Crippen LogP contribution in [0.5, 0.6) is 0 Å². The molecule has 4 nitrogen and oxygen atoms in total. The number of nitrogens with zero attached hydrogens (tertiary/aromatic N) is 2. The average molecular weight is 478 g/mol. The van der Waals surface area contributed by atoms with E-state index in [2.05, 4.69) is 20.6 Å². The summed E-state index contributed by atoms with van der Waals surface area (Å²) in [4.78, 5) is 8.83. The highest BCUT2D eigenvalue weighted by Crippen LogP contribution is 2.29. The van der Waals surface area contributed by atoms with Gasteiger partial charge in [-0.1, -0.05) is 58.5 Å². The zero-order chi connectivity index (χ0) is 21.1. The van der Waals surface area contributed by atoms with Gasteiger partial charge in [0.05, 0.1) is 11.7 Å². The summed E-state index contributed by atoms with van der Waals surface area (Å²) in [7, 11) is 0. The molecule has 0 radical (unpaired) electrons. The molecule has 0 aliphatic carbocycles. The van der Waals surface area contributed by atoms with Crippen molar-refractivity contribution < 1.29 is 0 Å². The van der Waals surface area contributed by atoms with Gasteiger partial charge in [-0.15, -0.1) is 0 Å². The van der Waals surface area contributed by atoms with Crippen molar-refractivity contribution in [2.24, 2.45) is 0 Å². The van der Waals surface area contributed by atoms with Crippen molar-refractivity contribution in [3.63, 3.8) is 0 Å². The molecule has 2 N–H and O–H groups in total. The standard InChI is InChI=1S/C22H16Cl4N4/c23-16-3-1-4-17(24)14(16)10-28-20-7-8-27-21-12-30-22(9-13(20)21)29-11-15-18(25)5-2-6-19(15)26/h1-9,12H,10-11H2,(H,27,28)(H,29,30). The molecule has 0 fully saturated rings. The zero-order valence-corrected chi connectivity index (χ0v) is 18.6. The van der Waals surface area contributed by atoms with Crippen LogP contribution in [0.1, 0.15) is 11.1 Å². The molecule has 0 amide bonds. The van der Waals surface area contributed by atoms with Gasteiger partial charge in [0.1, 0.15) is 5.82 Å². The highest BCUT2D eigenvalue weighted by atomic mass is 35.5. The number of nitrogens with one attached hydrogen (secondary N) is 2. The minimum absolute atomic E-state index is 0.454. The molecule has 152 valence electrons. The molecule has 4 rings (SSSR count). The van der Waals surface area contributed by atoms with Crippen LogP contribution in [0.15, 0.2) is 60.9 Å². The van der Waals surface area contributed by atoms with Crippen LogP contribution in [0.3, 0.4) is 0 Å². The fraction of sp³-hybridized carbons (Fsp3) is 0.0909. The van der Waals surface area contributed by atoms with Crippen LogP contribution in [0.2, 0.25) is 20.1 Å². The first-order valence-electron chi connectivity index (χ1n) is 9.11. The third kappa shape index (κ3) is 4.57. The SMILES string of the molecule is Clc1cccc(Cl)c1CNc1cc2c(NCc3c(Cl)cccc3Cl)ccnc2cn1. The lowest BCUT2D eigenvalue weighted by Gasteiger charge is -2.13. The van der Waals surface area contributed by atoms with E-state index in [1.54, 1.807) is 12.4 Å². The van der Waals surface area contributed by atoms with Gasteiger partial charge >= 0.3 is 0 Å². The van der Waals surface area contributed by atoms with Crippen LogP contribution in [-0.2, 0) is 13.1 Å². The van der Waals surface area contributed by atoms with Crippen LogP contribution in [0, 0.1) is 0 Å². The van der Waals surface area contributed by atoms with E-state index in [1.165, 1.54) is 0 Å². The Labute approximate surface area is 194 Å². The molecule has 0 bridgehead atoms. The second-order valence-corrected chi connectivity index (χ2v) is 8.18. The normalized spacial score (nSPS) is 10.9. The molecule has 2 heterocycles. The van der Waals surface area contributed by atoms with E-state index in [4.69, 9.17) is 46.4 Å². The smallest absolute Gasteiger partial charge is 0.126 e. The van der Waals surface area contributed by atoms with Gasteiger partial charge in [0.2, 0.25) is 0 Å². The fourth-order valence-electron chi connectivity index (χ4n) is 3.06. The van der Waals surface area contributed by atoms with Crippen molar-refractivity contribution in [1.29, 1.82) is 0 Å². The molecule has 0 saturated carbocycles. The minimum atomic E-state index is 0.454. The maximum atomic E-state index is 6.29. The number of pyridine rings is 2. The summed E-state index contributed by atoms with van der Waals surface area (Å²) < 4.78 is 0. The molecule has 2 aromatic heterocycles. The number of anilines is 2. The molecule has 0 spiro atoms. The minimum Gasteiger partial charge on any atom is -0.380 e. The molecule has 0 unspecified atom stereocenters. The predicted molar refractivity (Wildman–Crippen MR) is 127 cm³/mol. The second-order valence-electron chi connectivity index (χ2n) is 6.55. The van der Waals surface area contributed by atoms with Crippen LogP contribution in [0.25, 0.3) is 10.9 Å². The second kappa shape index (κ2) is 9.27. The van der Waals surface area contributed by atoms with Crippen LogP contribution in [-0.4, -0.2) is 9.97 Å². The summed E-state index contributed by atoms with van der Waals surface area (Å²) in [5.41, 5.74) is 3.33. The molecule has 0 atom stereocenters. The quantitative estimate of drug-likeness (QED) is 0.302. The Hall–Kier alpha value is -2.24.